The van der Waals surface area contributed by atoms with E-state index in [9.17, 15) is 13.6 Å². The molecule has 37 heavy (non-hydrogen) atoms. The van der Waals surface area contributed by atoms with Gasteiger partial charge in [0.1, 0.15) is 11.3 Å². The van der Waals surface area contributed by atoms with Crippen molar-refractivity contribution in [3.8, 4) is 11.3 Å². The van der Waals surface area contributed by atoms with E-state index >= 15 is 0 Å². The van der Waals surface area contributed by atoms with Crippen molar-refractivity contribution in [2.24, 2.45) is 0 Å². The molecule has 0 saturated heterocycles. The number of aromatic nitrogens is 5. The fourth-order valence-corrected chi connectivity index (χ4v) is 4.40. The van der Waals surface area contributed by atoms with Crippen LogP contribution in [0.5, 0.6) is 0 Å². The van der Waals surface area contributed by atoms with Gasteiger partial charge in [0.25, 0.3) is 12.3 Å². The Morgan fingerprint density at radius 2 is 1.81 bits per heavy atom. The topological polar surface area (TPSA) is 77.1 Å². The van der Waals surface area contributed by atoms with Crippen LogP contribution in [-0.4, -0.2) is 30.3 Å². The van der Waals surface area contributed by atoms with Crippen molar-refractivity contribution in [1.29, 1.82) is 0 Å². The normalized spacial score (nSPS) is 11.4. The molecule has 3 aromatic heterocycles. The van der Waals surface area contributed by atoms with Gasteiger partial charge in [-0.2, -0.15) is 10.2 Å². The lowest BCUT2D eigenvalue weighted by Crippen LogP contribution is -2.14. The zero-order valence-corrected chi connectivity index (χ0v) is 21.2. The average Bonchev–Trinajstić information content (AvgIpc) is 3.42. The summed E-state index contributed by atoms with van der Waals surface area (Å²) in [5.41, 5.74) is 3.41. The summed E-state index contributed by atoms with van der Waals surface area (Å²) in [4.78, 5) is 17.8. The molecule has 5 rings (SSSR count). The van der Waals surface area contributed by atoms with Gasteiger partial charge in [-0.3, -0.25) is 9.48 Å². The van der Waals surface area contributed by atoms with Crippen LogP contribution in [0.2, 0.25) is 10.0 Å². The minimum absolute atomic E-state index is 0.0349. The molecule has 0 aliphatic rings. The van der Waals surface area contributed by atoms with Gasteiger partial charge in [0.2, 0.25) is 0 Å². The van der Waals surface area contributed by atoms with Crippen LogP contribution < -0.4 is 5.32 Å². The number of nitrogens with one attached hydrogen (secondary N) is 1. The van der Waals surface area contributed by atoms with Gasteiger partial charge in [0.05, 0.1) is 45.6 Å². The number of carbonyl (C=O) groups is 1. The Hall–Kier alpha value is -3.82. The smallest absolute Gasteiger partial charge is 0.280 e. The lowest BCUT2D eigenvalue weighted by Gasteiger charge is -2.09. The Kier molecular flexibility index (Phi) is 6.66. The van der Waals surface area contributed by atoms with E-state index in [0.717, 1.165) is 10.1 Å². The van der Waals surface area contributed by atoms with E-state index in [2.05, 4.69) is 20.5 Å². The van der Waals surface area contributed by atoms with E-state index in [-0.39, 0.29) is 16.9 Å². The average molecular weight is 541 g/mol. The van der Waals surface area contributed by atoms with E-state index < -0.39 is 12.3 Å². The summed E-state index contributed by atoms with van der Waals surface area (Å²) in [5, 5.41) is 12.3. The number of hydrogen-bond acceptors (Lipinski definition) is 4. The largest absolute Gasteiger partial charge is 0.319 e. The van der Waals surface area contributed by atoms with Crippen LogP contribution in [0.4, 0.5) is 14.5 Å². The second kappa shape index (κ2) is 9.91. The van der Waals surface area contributed by atoms with Crippen molar-refractivity contribution >= 4 is 40.4 Å². The number of rotatable bonds is 6. The number of hydrogen-bond donors (Lipinski definition) is 1. The number of amides is 1. The summed E-state index contributed by atoms with van der Waals surface area (Å²) in [7, 11) is 0. The molecule has 188 valence electrons. The Bertz CT molecular complexity index is 1630. The van der Waals surface area contributed by atoms with Crippen LogP contribution in [0.25, 0.3) is 16.9 Å². The van der Waals surface area contributed by atoms with Gasteiger partial charge >= 0.3 is 0 Å². The van der Waals surface area contributed by atoms with Crippen LogP contribution in [-0.2, 0) is 6.54 Å². The van der Waals surface area contributed by atoms with Crippen molar-refractivity contribution in [1.82, 2.24) is 24.4 Å². The zero-order valence-electron chi connectivity index (χ0n) is 19.7. The van der Waals surface area contributed by atoms with Crippen LogP contribution >= 0.6 is 23.2 Å². The molecule has 0 radical (unpaired) electrons. The van der Waals surface area contributed by atoms with Crippen molar-refractivity contribution in [2.45, 2.75) is 26.8 Å². The maximum Gasteiger partial charge on any atom is 0.280 e. The maximum absolute atomic E-state index is 13.9. The Morgan fingerprint density at radius 1 is 1.05 bits per heavy atom. The first-order valence-electron chi connectivity index (χ1n) is 11.2. The molecule has 0 atom stereocenters. The number of alkyl halides is 2. The quantitative estimate of drug-likeness (QED) is 0.258. The second-order valence-electron chi connectivity index (χ2n) is 8.43. The molecule has 0 aliphatic carbocycles. The lowest BCUT2D eigenvalue weighted by molar-refractivity contribution is 0.102. The number of aryl methyl sites for hydroxylation is 1. The predicted octanol–water partition coefficient (Wildman–Crippen LogP) is 6.75. The highest BCUT2D eigenvalue weighted by molar-refractivity contribution is 6.42. The Morgan fingerprint density at radius 3 is 2.51 bits per heavy atom. The molecule has 0 saturated carbocycles. The first-order valence-corrected chi connectivity index (χ1v) is 12.0. The van der Waals surface area contributed by atoms with Gasteiger partial charge in [-0.05, 0) is 37.6 Å². The highest BCUT2D eigenvalue weighted by Crippen LogP contribution is 2.28. The first kappa shape index (κ1) is 24.9. The molecular formula is C26H20Cl2F2N6O. The van der Waals surface area contributed by atoms with Gasteiger partial charge in [-0.1, -0.05) is 59.6 Å². The van der Waals surface area contributed by atoms with E-state index in [1.165, 1.54) is 12.3 Å². The number of halogens is 4. The fraction of sp³-hybridized carbons (Fsp3) is 0.154. The van der Waals surface area contributed by atoms with Gasteiger partial charge in [-0.25, -0.2) is 18.3 Å². The number of fused-ring (bicyclic) bond motifs is 1. The van der Waals surface area contributed by atoms with Gasteiger partial charge in [0, 0.05) is 5.56 Å². The Balaban J connectivity index is 1.49. The molecule has 2 aromatic carbocycles. The highest BCUT2D eigenvalue weighted by Gasteiger charge is 2.23. The molecular weight excluding hydrogens is 521 g/mol. The third-order valence-corrected chi connectivity index (χ3v) is 6.71. The summed E-state index contributed by atoms with van der Waals surface area (Å²) >= 11 is 12.1. The molecule has 0 aliphatic heterocycles. The first-order chi connectivity index (χ1) is 17.7. The minimum Gasteiger partial charge on any atom is -0.319 e. The van der Waals surface area contributed by atoms with Gasteiger partial charge < -0.3 is 5.32 Å². The van der Waals surface area contributed by atoms with Crippen LogP contribution in [0.1, 0.15) is 39.4 Å². The fourth-order valence-electron chi connectivity index (χ4n) is 4.08. The van der Waals surface area contributed by atoms with Crippen molar-refractivity contribution in [3.63, 3.8) is 0 Å². The Labute approximate surface area is 220 Å². The van der Waals surface area contributed by atoms with Crippen molar-refractivity contribution in [2.75, 3.05) is 5.32 Å². The third-order valence-electron chi connectivity index (χ3n) is 5.97. The molecule has 3 heterocycles. The van der Waals surface area contributed by atoms with Crippen LogP contribution in [0, 0.1) is 13.8 Å². The summed E-state index contributed by atoms with van der Waals surface area (Å²) in [6.45, 7) is 4.00. The summed E-state index contributed by atoms with van der Waals surface area (Å²) in [5.74, 6) is -0.534. The maximum atomic E-state index is 13.9. The third kappa shape index (κ3) is 4.80. The monoisotopic (exact) mass is 540 g/mol. The molecule has 7 nitrogen and oxygen atoms in total. The number of benzene rings is 2. The number of anilines is 1. The zero-order chi connectivity index (χ0) is 26.3. The molecule has 0 unspecified atom stereocenters. The van der Waals surface area contributed by atoms with E-state index in [0.29, 0.717) is 44.9 Å². The molecule has 0 spiro atoms. The van der Waals surface area contributed by atoms with E-state index in [4.69, 9.17) is 23.2 Å². The molecule has 11 heteroatoms. The molecule has 0 bridgehead atoms. The van der Waals surface area contributed by atoms with Crippen LogP contribution in [0.3, 0.4) is 0 Å². The molecule has 5 aromatic rings. The molecule has 1 amide bonds. The number of nitrogens with zero attached hydrogens (tertiary/aromatic N) is 5. The summed E-state index contributed by atoms with van der Waals surface area (Å²) < 4.78 is 30.5. The van der Waals surface area contributed by atoms with Crippen molar-refractivity contribution in [3.05, 3.63) is 99.0 Å². The second-order valence-corrected chi connectivity index (χ2v) is 9.25. The van der Waals surface area contributed by atoms with Crippen LogP contribution in [0.15, 0.2) is 60.8 Å². The van der Waals surface area contributed by atoms with Crippen molar-refractivity contribution < 1.29 is 13.6 Å². The van der Waals surface area contributed by atoms with E-state index in [1.54, 1.807) is 48.0 Å². The lowest BCUT2D eigenvalue weighted by atomic mass is 10.1. The van der Waals surface area contributed by atoms with Gasteiger partial charge in [-0.15, -0.1) is 0 Å². The minimum atomic E-state index is -2.81. The predicted molar refractivity (Wildman–Crippen MR) is 139 cm³/mol. The molecule has 0 fully saturated rings. The standard InChI is InChI=1S/C26H20Cl2F2N6O/c1-14-23(15(2)35(34-14)13-16-8-9-19(27)20(28)10-16)33-26(37)18-12-31-36-22(24(29)30)11-21(32-25(18)36)17-6-4-3-5-7-17/h3-12,24H,13H2,1-2H3,(H,33,37). The molecule has 1 N–H and O–H groups in total. The summed E-state index contributed by atoms with van der Waals surface area (Å²) in [6, 6.07) is 15.5. The van der Waals surface area contributed by atoms with E-state index in [1.807, 2.05) is 19.1 Å². The summed E-state index contributed by atoms with van der Waals surface area (Å²) in [6.07, 6.45) is -1.57. The SMILES string of the molecule is Cc1nn(Cc2ccc(Cl)c(Cl)c2)c(C)c1NC(=O)c1cnn2c(C(F)F)cc(-c3ccccc3)nc12. The highest BCUT2D eigenvalue weighted by atomic mass is 35.5. The number of carbonyl (C=O) groups excluding carboxylic acids is 1. The van der Waals surface area contributed by atoms with Gasteiger partial charge in [0.15, 0.2) is 5.65 Å².